The van der Waals surface area contributed by atoms with Crippen molar-refractivity contribution in [2.75, 3.05) is 31.0 Å². The molecule has 0 aromatic heterocycles. The molecule has 2 amide bonds. The molecule has 6 nitrogen and oxygen atoms in total. The molecule has 2 heterocycles. The molecule has 3 aliphatic rings. The average molecular weight is 392 g/mol. The summed E-state index contributed by atoms with van der Waals surface area (Å²) in [6.45, 7) is 1.46. The number of anilines is 1. The second kappa shape index (κ2) is 7.34. The van der Waals surface area contributed by atoms with Gasteiger partial charge in [-0.05, 0) is 43.7 Å². The first-order valence-electron chi connectivity index (χ1n) is 10.1. The number of benzene rings is 1. The molecule has 0 N–H and O–H groups in total. The summed E-state index contributed by atoms with van der Waals surface area (Å²) in [6, 6.07) is 8.02. The molecule has 1 aromatic carbocycles. The molecular weight excluding hydrogens is 362 g/mol. The van der Waals surface area contributed by atoms with E-state index in [9.17, 15) is 13.2 Å². The average Bonchev–Trinajstić information content (AvgIpc) is 3.37. The molecule has 1 saturated carbocycles. The topological polar surface area (TPSA) is 60.9 Å². The van der Waals surface area contributed by atoms with Gasteiger partial charge in [0.1, 0.15) is 0 Å². The highest BCUT2D eigenvalue weighted by Gasteiger charge is 2.40. The minimum atomic E-state index is -3.47. The van der Waals surface area contributed by atoms with E-state index in [1.807, 2.05) is 36.2 Å². The van der Waals surface area contributed by atoms with Crippen molar-refractivity contribution >= 4 is 21.7 Å². The summed E-state index contributed by atoms with van der Waals surface area (Å²) in [5.41, 5.74) is 1.90. The molecule has 1 atom stereocenters. The first-order chi connectivity index (χ1) is 13.0. The molecule has 0 bridgehead atoms. The number of carbonyl (C=O) groups is 1. The number of carbonyl (C=O) groups excluding carboxylic acids is 1. The van der Waals surface area contributed by atoms with Crippen molar-refractivity contribution in [2.24, 2.45) is 0 Å². The van der Waals surface area contributed by atoms with Crippen molar-refractivity contribution in [1.29, 1.82) is 0 Å². The van der Waals surface area contributed by atoms with Crippen LogP contribution in [-0.4, -0.2) is 62.2 Å². The maximum absolute atomic E-state index is 13.3. The van der Waals surface area contributed by atoms with Gasteiger partial charge in [0.15, 0.2) is 0 Å². The number of urea groups is 1. The molecule has 1 saturated heterocycles. The third-order valence-electron chi connectivity index (χ3n) is 6.40. The fourth-order valence-electron chi connectivity index (χ4n) is 4.78. The lowest BCUT2D eigenvalue weighted by Crippen LogP contribution is -2.53. The molecule has 0 radical (unpaired) electrons. The summed E-state index contributed by atoms with van der Waals surface area (Å²) in [7, 11) is -1.60. The molecule has 1 aromatic rings. The smallest absolute Gasteiger partial charge is 0.320 e. The van der Waals surface area contributed by atoms with Crippen LogP contribution in [0.1, 0.15) is 44.1 Å². The number of amides is 2. The lowest BCUT2D eigenvalue weighted by atomic mass is 10.1. The zero-order valence-corrected chi connectivity index (χ0v) is 16.8. The van der Waals surface area contributed by atoms with Gasteiger partial charge in [0.05, 0.1) is 10.9 Å². The number of hydrogen-bond donors (Lipinski definition) is 0. The van der Waals surface area contributed by atoms with Crippen LogP contribution in [0, 0.1) is 0 Å². The van der Waals surface area contributed by atoms with Crippen LogP contribution >= 0.6 is 0 Å². The minimum absolute atomic E-state index is 0.0105. The summed E-state index contributed by atoms with van der Waals surface area (Å²) in [6.07, 6.45) is 6.59. The van der Waals surface area contributed by atoms with Crippen LogP contribution in [0.2, 0.25) is 0 Å². The fraction of sp³-hybridized carbons (Fsp3) is 0.650. The van der Waals surface area contributed by atoms with E-state index in [1.54, 1.807) is 9.21 Å². The molecule has 4 rings (SSSR count). The van der Waals surface area contributed by atoms with Crippen molar-refractivity contribution in [1.82, 2.24) is 9.80 Å². The summed E-state index contributed by atoms with van der Waals surface area (Å²) >= 11 is 0. The number of para-hydroxylation sites is 1. The van der Waals surface area contributed by atoms with Crippen molar-refractivity contribution in [3.63, 3.8) is 0 Å². The van der Waals surface area contributed by atoms with E-state index < -0.39 is 15.3 Å². The van der Waals surface area contributed by atoms with Gasteiger partial charge in [-0.3, -0.25) is 4.31 Å². The maximum atomic E-state index is 13.3. The lowest BCUT2D eigenvalue weighted by molar-refractivity contribution is 0.138. The highest BCUT2D eigenvalue weighted by molar-refractivity contribution is 7.93. The molecular formula is C20H29N3O3S. The Morgan fingerprint density at radius 1 is 1.07 bits per heavy atom. The number of sulfonamides is 1. The molecule has 1 aliphatic carbocycles. The molecule has 2 aliphatic heterocycles. The number of hydrogen-bond acceptors (Lipinski definition) is 3. The number of rotatable bonds is 3. The van der Waals surface area contributed by atoms with E-state index in [4.69, 9.17) is 0 Å². The molecule has 148 valence electrons. The highest BCUT2D eigenvalue weighted by Crippen LogP contribution is 2.33. The van der Waals surface area contributed by atoms with E-state index in [0.29, 0.717) is 32.1 Å². The molecule has 27 heavy (non-hydrogen) atoms. The van der Waals surface area contributed by atoms with Crippen molar-refractivity contribution in [3.05, 3.63) is 29.8 Å². The number of likely N-dealkylation sites (tertiary alicyclic amines) is 1. The largest absolute Gasteiger partial charge is 0.325 e. The van der Waals surface area contributed by atoms with Gasteiger partial charge in [0.2, 0.25) is 10.0 Å². The monoisotopic (exact) mass is 391 g/mol. The van der Waals surface area contributed by atoms with Gasteiger partial charge in [-0.2, -0.15) is 0 Å². The molecule has 0 spiro atoms. The minimum Gasteiger partial charge on any atom is -0.325 e. The number of piperidine rings is 1. The van der Waals surface area contributed by atoms with E-state index >= 15 is 0 Å². The Hall–Kier alpha value is -1.76. The maximum Gasteiger partial charge on any atom is 0.320 e. The van der Waals surface area contributed by atoms with Gasteiger partial charge < -0.3 is 9.80 Å². The summed E-state index contributed by atoms with van der Waals surface area (Å²) in [5.74, 6) is 0. The molecule has 2 fully saturated rings. The fourth-order valence-corrected chi connectivity index (χ4v) is 6.77. The van der Waals surface area contributed by atoms with E-state index in [2.05, 4.69) is 0 Å². The Morgan fingerprint density at radius 2 is 1.81 bits per heavy atom. The quantitative estimate of drug-likeness (QED) is 0.796. The summed E-state index contributed by atoms with van der Waals surface area (Å²) < 4.78 is 28.2. The second-order valence-electron chi connectivity index (χ2n) is 8.04. The van der Waals surface area contributed by atoms with Crippen LogP contribution in [0.25, 0.3) is 0 Å². The molecule has 7 heteroatoms. The Morgan fingerprint density at radius 3 is 2.59 bits per heavy atom. The summed E-state index contributed by atoms with van der Waals surface area (Å²) in [5, 5.41) is -0.515. The van der Waals surface area contributed by atoms with Crippen LogP contribution < -0.4 is 4.31 Å². The van der Waals surface area contributed by atoms with Gasteiger partial charge in [-0.25, -0.2) is 13.2 Å². The Labute approximate surface area is 162 Å². The summed E-state index contributed by atoms with van der Waals surface area (Å²) in [4.78, 5) is 16.5. The van der Waals surface area contributed by atoms with Gasteiger partial charge in [-0.1, -0.05) is 31.0 Å². The third-order valence-corrected chi connectivity index (χ3v) is 8.62. The van der Waals surface area contributed by atoms with Crippen molar-refractivity contribution < 1.29 is 13.2 Å². The van der Waals surface area contributed by atoms with Crippen LogP contribution in [0.4, 0.5) is 10.5 Å². The van der Waals surface area contributed by atoms with E-state index in [0.717, 1.165) is 36.9 Å². The standard InChI is InChI=1S/C20H29N3O3S/c1-21(17-8-3-4-9-17)20(24)22-13-6-10-18(15-22)27(25,26)23-14-12-16-7-2-5-11-19(16)23/h2,5,7,11,17-18H,3-4,6,8-10,12-15H2,1H3/t18-/m0/s1. The van der Waals surface area contributed by atoms with E-state index in [-0.39, 0.29) is 6.03 Å². The molecule has 0 unspecified atom stereocenters. The number of fused-ring (bicyclic) bond motifs is 1. The Bertz CT molecular complexity index is 804. The lowest BCUT2D eigenvalue weighted by Gasteiger charge is -2.38. The van der Waals surface area contributed by atoms with Crippen LogP contribution in [-0.2, 0) is 16.4 Å². The third kappa shape index (κ3) is 3.42. The Kier molecular flexibility index (Phi) is 5.05. The van der Waals surface area contributed by atoms with Crippen LogP contribution in [0.5, 0.6) is 0 Å². The van der Waals surface area contributed by atoms with Crippen LogP contribution in [0.15, 0.2) is 24.3 Å². The predicted molar refractivity (Wildman–Crippen MR) is 106 cm³/mol. The Balaban J connectivity index is 1.48. The predicted octanol–water partition coefficient (Wildman–Crippen LogP) is 2.84. The van der Waals surface area contributed by atoms with E-state index in [1.165, 1.54) is 12.8 Å². The first kappa shape index (κ1) is 18.6. The van der Waals surface area contributed by atoms with Crippen LogP contribution in [0.3, 0.4) is 0 Å². The van der Waals surface area contributed by atoms with Gasteiger partial charge in [-0.15, -0.1) is 0 Å². The SMILES string of the molecule is CN(C(=O)N1CCC[C@H](S(=O)(=O)N2CCc3ccccc32)C1)C1CCCC1. The second-order valence-corrected chi connectivity index (χ2v) is 10.2. The van der Waals surface area contributed by atoms with Gasteiger partial charge in [0.25, 0.3) is 0 Å². The normalized spacial score (nSPS) is 23.5. The van der Waals surface area contributed by atoms with Gasteiger partial charge in [0, 0.05) is 32.7 Å². The zero-order valence-electron chi connectivity index (χ0n) is 16.0. The first-order valence-corrected chi connectivity index (χ1v) is 11.6. The van der Waals surface area contributed by atoms with Gasteiger partial charge >= 0.3 is 6.03 Å². The highest BCUT2D eigenvalue weighted by atomic mass is 32.2. The number of nitrogens with zero attached hydrogens (tertiary/aromatic N) is 3. The van der Waals surface area contributed by atoms with Crippen molar-refractivity contribution in [3.8, 4) is 0 Å². The van der Waals surface area contributed by atoms with Crippen molar-refractivity contribution in [2.45, 2.75) is 56.2 Å². The zero-order chi connectivity index (χ0) is 19.0.